The smallest absolute Gasteiger partial charge is 0.226 e. The molecule has 1 aliphatic carbocycles. The minimum absolute atomic E-state index is 0.0155. The third-order valence-electron chi connectivity index (χ3n) is 3.74. The van der Waals surface area contributed by atoms with E-state index in [1.165, 1.54) is 18.3 Å². The Balaban J connectivity index is 1.57. The second-order valence-electron chi connectivity index (χ2n) is 5.73. The van der Waals surface area contributed by atoms with Crippen LogP contribution in [0, 0.1) is 5.92 Å². The lowest BCUT2D eigenvalue weighted by Crippen LogP contribution is -2.18. The van der Waals surface area contributed by atoms with Gasteiger partial charge in [-0.15, -0.1) is 11.3 Å². The predicted molar refractivity (Wildman–Crippen MR) is 92.4 cm³/mol. The normalized spacial score (nSPS) is 16.3. The molecule has 0 aromatic carbocycles. The summed E-state index contributed by atoms with van der Waals surface area (Å²) in [4.78, 5) is 27.3. The molecule has 0 saturated heterocycles. The van der Waals surface area contributed by atoms with E-state index in [1.807, 2.05) is 5.38 Å². The lowest BCUT2D eigenvalue weighted by Gasteiger charge is -2.06. The first-order valence-corrected chi connectivity index (χ1v) is 8.73. The third-order valence-corrected chi connectivity index (χ3v) is 4.49. The molecule has 0 radical (unpaired) electrons. The van der Waals surface area contributed by atoms with Crippen LogP contribution >= 0.6 is 11.3 Å². The van der Waals surface area contributed by atoms with Crippen LogP contribution < -0.4 is 10.6 Å². The van der Waals surface area contributed by atoms with Crippen LogP contribution in [0.15, 0.2) is 34.1 Å². The van der Waals surface area contributed by atoms with Crippen LogP contribution in [0.3, 0.4) is 0 Å². The van der Waals surface area contributed by atoms with Gasteiger partial charge in [0.15, 0.2) is 10.9 Å². The Morgan fingerprint density at radius 3 is 3.04 bits per heavy atom. The Morgan fingerprint density at radius 2 is 2.29 bits per heavy atom. The largest absolute Gasteiger partial charge is 0.458 e. The molecule has 6 nitrogen and oxygen atoms in total. The van der Waals surface area contributed by atoms with Crippen LogP contribution in [0.5, 0.6) is 0 Å². The average Bonchev–Trinajstić information content (AvgIpc) is 3.26. The van der Waals surface area contributed by atoms with Gasteiger partial charge in [0.05, 0.1) is 6.54 Å². The summed E-state index contributed by atoms with van der Waals surface area (Å²) in [5.41, 5.74) is 0.671. The zero-order valence-corrected chi connectivity index (χ0v) is 14.2. The maximum atomic E-state index is 12.0. The second kappa shape index (κ2) is 7.44. The van der Waals surface area contributed by atoms with E-state index >= 15 is 0 Å². The summed E-state index contributed by atoms with van der Waals surface area (Å²) in [5.74, 6) is 1.49. The summed E-state index contributed by atoms with van der Waals surface area (Å²) >= 11 is 1.37. The summed E-state index contributed by atoms with van der Waals surface area (Å²) in [5, 5.41) is 7.93. The average molecular weight is 345 g/mol. The fourth-order valence-corrected chi connectivity index (χ4v) is 3.26. The van der Waals surface area contributed by atoms with Crippen molar-refractivity contribution in [2.45, 2.75) is 32.7 Å². The van der Waals surface area contributed by atoms with Crippen molar-refractivity contribution in [1.82, 2.24) is 10.3 Å². The van der Waals surface area contributed by atoms with Gasteiger partial charge in [0.25, 0.3) is 0 Å². The Bertz CT molecular complexity index is 763. The molecule has 0 aliphatic heterocycles. The van der Waals surface area contributed by atoms with Crippen molar-refractivity contribution in [1.29, 1.82) is 0 Å². The number of hydrogen-bond donors (Lipinski definition) is 2. The Hall–Kier alpha value is -2.41. The van der Waals surface area contributed by atoms with E-state index in [9.17, 15) is 9.59 Å². The molecule has 24 heavy (non-hydrogen) atoms. The first-order valence-electron chi connectivity index (χ1n) is 7.85. The van der Waals surface area contributed by atoms with Crippen LogP contribution in [0.4, 0.5) is 5.13 Å². The van der Waals surface area contributed by atoms with Crippen molar-refractivity contribution >= 4 is 28.3 Å². The van der Waals surface area contributed by atoms with Gasteiger partial charge >= 0.3 is 0 Å². The molecule has 2 aromatic heterocycles. The highest BCUT2D eigenvalue weighted by Crippen LogP contribution is 2.27. The van der Waals surface area contributed by atoms with Crippen molar-refractivity contribution in [2.24, 2.45) is 5.92 Å². The summed E-state index contributed by atoms with van der Waals surface area (Å²) in [7, 11) is 0. The monoisotopic (exact) mass is 345 g/mol. The van der Waals surface area contributed by atoms with Gasteiger partial charge in [-0.05, 0) is 30.9 Å². The van der Waals surface area contributed by atoms with E-state index in [0.29, 0.717) is 41.2 Å². The van der Waals surface area contributed by atoms with Crippen LogP contribution in [-0.4, -0.2) is 16.8 Å². The van der Waals surface area contributed by atoms with Crippen molar-refractivity contribution in [3.63, 3.8) is 0 Å². The van der Waals surface area contributed by atoms with Crippen LogP contribution in [0.2, 0.25) is 0 Å². The van der Waals surface area contributed by atoms with E-state index in [2.05, 4.69) is 27.8 Å². The lowest BCUT2D eigenvalue weighted by molar-refractivity contribution is -0.119. The Kier molecular flexibility index (Phi) is 5.10. The summed E-state index contributed by atoms with van der Waals surface area (Å²) in [6.07, 6.45) is 6.81. The molecule has 0 unspecified atom stereocenters. The zero-order valence-electron chi connectivity index (χ0n) is 13.4. The van der Waals surface area contributed by atoms with Crippen LogP contribution in [0.25, 0.3) is 11.5 Å². The van der Waals surface area contributed by atoms with Crippen molar-refractivity contribution < 1.29 is 14.0 Å². The standard InChI is InChI=1S/C17H19N3O3S/c1-11(21)18-9-13-6-7-15(23-13)14-10-24-17(19-14)20-16(22)8-12-4-2-3-5-12/h2,4,6-7,10,12H,3,5,8-9H2,1H3,(H,18,21)(H,19,20,22)/t12-/m1/s1. The molecule has 126 valence electrons. The number of thiazole rings is 1. The topological polar surface area (TPSA) is 84.2 Å². The van der Waals surface area contributed by atoms with Gasteiger partial charge in [0.2, 0.25) is 11.8 Å². The molecule has 0 bridgehead atoms. The fraction of sp³-hybridized carbons (Fsp3) is 0.353. The molecule has 7 heteroatoms. The van der Waals surface area contributed by atoms with Crippen molar-refractivity contribution in [2.75, 3.05) is 5.32 Å². The highest BCUT2D eigenvalue weighted by atomic mass is 32.1. The number of nitrogens with one attached hydrogen (secondary N) is 2. The summed E-state index contributed by atoms with van der Waals surface area (Å²) in [6, 6.07) is 3.61. The Labute approximate surface area is 144 Å². The van der Waals surface area contributed by atoms with E-state index in [0.717, 1.165) is 12.8 Å². The van der Waals surface area contributed by atoms with Gasteiger partial charge in [-0.1, -0.05) is 12.2 Å². The number of amides is 2. The van der Waals surface area contributed by atoms with Crippen LogP contribution in [-0.2, 0) is 16.1 Å². The van der Waals surface area contributed by atoms with Gasteiger partial charge in [-0.3, -0.25) is 9.59 Å². The van der Waals surface area contributed by atoms with E-state index in [1.54, 1.807) is 12.1 Å². The number of carbonyl (C=O) groups excluding carboxylic acids is 2. The van der Waals surface area contributed by atoms with Gasteiger partial charge < -0.3 is 15.1 Å². The first-order chi connectivity index (χ1) is 11.6. The molecule has 0 spiro atoms. The minimum Gasteiger partial charge on any atom is -0.458 e. The number of furan rings is 1. The third kappa shape index (κ3) is 4.32. The molecule has 0 fully saturated rings. The molecule has 2 aromatic rings. The minimum atomic E-state index is -0.108. The van der Waals surface area contributed by atoms with Crippen molar-refractivity contribution in [3.05, 3.63) is 35.4 Å². The fourth-order valence-electron chi connectivity index (χ4n) is 2.54. The summed E-state index contributed by atoms with van der Waals surface area (Å²) < 4.78 is 5.65. The molecular formula is C17H19N3O3S. The number of nitrogens with zero attached hydrogens (tertiary/aromatic N) is 1. The zero-order chi connectivity index (χ0) is 16.9. The van der Waals surface area contributed by atoms with Crippen molar-refractivity contribution in [3.8, 4) is 11.5 Å². The maximum absolute atomic E-state index is 12.0. The van der Waals surface area contributed by atoms with E-state index in [-0.39, 0.29) is 11.8 Å². The molecular weight excluding hydrogens is 326 g/mol. The van der Waals surface area contributed by atoms with Gasteiger partial charge in [-0.2, -0.15) is 0 Å². The molecule has 1 aliphatic rings. The van der Waals surface area contributed by atoms with E-state index in [4.69, 9.17) is 4.42 Å². The number of hydrogen-bond acceptors (Lipinski definition) is 5. The second-order valence-corrected chi connectivity index (χ2v) is 6.59. The number of aromatic nitrogens is 1. The van der Waals surface area contributed by atoms with Gasteiger partial charge in [-0.25, -0.2) is 4.98 Å². The maximum Gasteiger partial charge on any atom is 0.226 e. The van der Waals surface area contributed by atoms with Gasteiger partial charge in [0, 0.05) is 18.7 Å². The Morgan fingerprint density at radius 1 is 1.42 bits per heavy atom. The first kappa shape index (κ1) is 16.4. The number of allylic oxidation sites excluding steroid dienone is 2. The predicted octanol–water partition coefficient (Wildman–Crippen LogP) is 3.33. The molecule has 3 rings (SSSR count). The molecule has 2 N–H and O–H groups in total. The van der Waals surface area contributed by atoms with E-state index < -0.39 is 0 Å². The highest BCUT2D eigenvalue weighted by Gasteiger charge is 2.16. The number of rotatable bonds is 6. The van der Waals surface area contributed by atoms with Gasteiger partial charge in [0.1, 0.15) is 11.5 Å². The molecule has 1 atom stereocenters. The number of carbonyl (C=O) groups is 2. The SMILES string of the molecule is CC(=O)NCc1ccc(-c2csc(NC(=O)C[C@@H]3C=CCC3)n2)o1. The highest BCUT2D eigenvalue weighted by molar-refractivity contribution is 7.14. The molecule has 2 amide bonds. The van der Waals surface area contributed by atoms with Crippen LogP contribution in [0.1, 0.15) is 31.9 Å². The summed E-state index contributed by atoms with van der Waals surface area (Å²) in [6.45, 7) is 1.80. The molecule has 2 heterocycles. The lowest BCUT2D eigenvalue weighted by atomic mass is 10.1. The molecule has 0 saturated carbocycles. The number of anilines is 1. The quantitative estimate of drug-likeness (QED) is 0.787.